The van der Waals surface area contributed by atoms with Crippen LogP contribution in [0.3, 0.4) is 0 Å². The number of aliphatic carboxylic acids is 1. The molecule has 0 aromatic heterocycles. The van der Waals surface area contributed by atoms with Crippen LogP contribution in [0.25, 0.3) is 0 Å². The van der Waals surface area contributed by atoms with Crippen molar-refractivity contribution in [1.82, 2.24) is 4.90 Å². The molecule has 0 spiro atoms. The molecule has 0 aliphatic heterocycles. The maximum absolute atomic E-state index is 11.9. The SMILES string of the molecule is O=C(O)CN(C(=O)COc1cccc(Br)c1)C1CC1. The van der Waals surface area contributed by atoms with Crippen LogP contribution in [0.2, 0.25) is 0 Å². The average molecular weight is 328 g/mol. The second kappa shape index (κ2) is 6.06. The van der Waals surface area contributed by atoms with Gasteiger partial charge >= 0.3 is 5.97 Å². The molecule has 1 fully saturated rings. The third kappa shape index (κ3) is 4.24. The zero-order valence-corrected chi connectivity index (χ0v) is 11.8. The first-order valence-electron chi connectivity index (χ1n) is 5.96. The lowest BCUT2D eigenvalue weighted by molar-refractivity contribution is -0.145. The van der Waals surface area contributed by atoms with Crippen molar-refractivity contribution in [2.45, 2.75) is 18.9 Å². The predicted molar refractivity (Wildman–Crippen MR) is 72.0 cm³/mol. The summed E-state index contributed by atoms with van der Waals surface area (Å²) in [5.41, 5.74) is 0. The van der Waals surface area contributed by atoms with E-state index in [0.717, 1.165) is 17.3 Å². The van der Waals surface area contributed by atoms with Gasteiger partial charge in [-0.15, -0.1) is 0 Å². The van der Waals surface area contributed by atoms with Crippen LogP contribution in [0.5, 0.6) is 5.75 Å². The summed E-state index contributed by atoms with van der Waals surface area (Å²) in [6.07, 6.45) is 1.74. The molecule has 0 unspecified atom stereocenters. The molecule has 0 bridgehead atoms. The second-order valence-corrected chi connectivity index (χ2v) is 5.31. The fraction of sp³-hybridized carbons (Fsp3) is 0.385. The Hall–Kier alpha value is -1.56. The Morgan fingerprint density at radius 2 is 2.16 bits per heavy atom. The van der Waals surface area contributed by atoms with Gasteiger partial charge < -0.3 is 14.7 Å². The standard InChI is InChI=1S/C13H14BrNO4/c14-9-2-1-3-11(6-9)19-8-12(16)15(7-13(17)18)10-4-5-10/h1-3,6,10H,4-5,7-8H2,(H,17,18). The van der Waals surface area contributed by atoms with Crippen molar-refractivity contribution in [2.24, 2.45) is 0 Å². The number of ether oxygens (including phenoxy) is 1. The number of benzene rings is 1. The van der Waals surface area contributed by atoms with Crippen LogP contribution in [-0.2, 0) is 9.59 Å². The highest BCUT2D eigenvalue weighted by molar-refractivity contribution is 9.10. The van der Waals surface area contributed by atoms with Crippen LogP contribution in [0.15, 0.2) is 28.7 Å². The van der Waals surface area contributed by atoms with E-state index in [9.17, 15) is 9.59 Å². The van der Waals surface area contributed by atoms with Crippen LogP contribution in [0.4, 0.5) is 0 Å². The molecule has 1 aromatic carbocycles. The summed E-state index contributed by atoms with van der Waals surface area (Å²) in [5.74, 6) is -0.707. The minimum atomic E-state index is -0.997. The van der Waals surface area contributed by atoms with Gasteiger partial charge in [0.1, 0.15) is 12.3 Å². The summed E-state index contributed by atoms with van der Waals surface area (Å²) < 4.78 is 6.24. The minimum absolute atomic E-state index is 0.0645. The van der Waals surface area contributed by atoms with Crippen molar-refractivity contribution in [2.75, 3.05) is 13.2 Å². The van der Waals surface area contributed by atoms with E-state index in [4.69, 9.17) is 9.84 Å². The van der Waals surface area contributed by atoms with E-state index in [1.807, 2.05) is 6.07 Å². The number of carbonyl (C=O) groups is 2. The monoisotopic (exact) mass is 327 g/mol. The lowest BCUT2D eigenvalue weighted by Crippen LogP contribution is -2.40. The molecule has 1 saturated carbocycles. The molecule has 0 atom stereocenters. The molecular formula is C13H14BrNO4. The van der Waals surface area contributed by atoms with E-state index in [2.05, 4.69) is 15.9 Å². The minimum Gasteiger partial charge on any atom is -0.484 e. The number of hydrogen-bond donors (Lipinski definition) is 1. The molecule has 1 aliphatic carbocycles. The molecule has 0 heterocycles. The lowest BCUT2D eigenvalue weighted by atomic mass is 10.3. The molecule has 1 aliphatic rings. The van der Waals surface area contributed by atoms with E-state index >= 15 is 0 Å². The molecule has 102 valence electrons. The van der Waals surface area contributed by atoms with E-state index in [0.29, 0.717) is 5.75 Å². The molecule has 19 heavy (non-hydrogen) atoms. The number of carboxylic acid groups (broad SMARTS) is 1. The van der Waals surface area contributed by atoms with Crippen LogP contribution in [0, 0.1) is 0 Å². The number of carboxylic acids is 1. The van der Waals surface area contributed by atoms with E-state index < -0.39 is 5.97 Å². The number of rotatable bonds is 6. The zero-order chi connectivity index (χ0) is 13.8. The van der Waals surface area contributed by atoms with Gasteiger partial charge in [0.25, 0.3) is 5.91 Å². The summed E-state index contributed by atoms with van der Waals surface area (Å²) in [5, 5.41) is 8.79. The number of nitrogens with zero attached hydrogens (tertiary/aromatic N) is 1. The highest BCUT2D eigenvalue weighted by atomic mass is 79.9. The highest BCUT2D eigenvalue weighted by Crippen LogP contribution is 2.27. The summed E-state index contributed by atoms with van der Waals surface area (Å²) in [4.78, 5) is 24.0. The van der Waals surface area contributed by atoms with Gasteiger partial charge in [-0.25, -0.2) is 0 Å². The number of hydrogen-bond acceptors (Lipinski definition) is 3. The van der Waals surface area contributed by atoms with Gasteiger partial charge in [0.05, 0.1) is 0 Å². The normalized spacial score (nSPS) is 13.9. The molecule has 1 aromatic rings. The lowest BCUT2D eigenvalue weighted by Gasteiger charge is -2.20. The molecule has 1 amide bonds. The van der Waals surface area contributed by atoms with Gasteiger partial charge in [-0.1, -0.05) is 22.0 Å². The Kier molecular flexibility index (Phi) is 4.42. The van der Waals surface area contributed by atoms with Crippen molar-refractivity contribution < 1.29 is 19.4 Å². The van der Waals surface area contributed by atoms with Crippen molar-refractivity contribution in [1.29, 1.82) is 0 Å². The largest absolute Gasteiger partial charge is 0.484 e. The highest BCUT2D eigenvalue weighted by Gasteiger charge is 2.33. The van der Waals surface area contributed by atoms with Gasteiger partial charge in [-0.05, 0) is 31.0 Å². The maximum Gasteiger partial charge on any atom is 0.323 e. The van der Waals surface area contributed by atoms with E-state index in [1.54, 1.807) is 18.2 Å². The smallest absolute Gasteiger partial charge is 0.323 e. The van der Waals surface area contributed by atoms with Crippen molar-refractivity contribution in [3.63, 3.8) is 0 Å². The fourth-order valence-corrected chi connectivity index (χ4v) is 2.12. The van der Waals surface area contributed by atoms with Crippen LogP contribution in [-0.4, -0.2) is 41.1 Å². The molecule has 5 nitrogen and oxygen atoms in total. The molecule has 0 radical (unpaired) electrons. The van der Waals surface area contributed by atoms with Crippen molar-refractivity contribution in [3.8, 4) is 5.75 Å². The van der Waals surface area contributed by atoms with Crippen LogP contribution < -0.4 is 4.74 Å². The Morgan fingerprint density at radius 1 is 1.42 bits per heavy atom. The third-order valence-corrected chi connectivity index (χ3v) is 3.27. The molecule has 1 N–H and O–H groups in total. The van der Waals surface area contributed by atoms with Gasteiger partial charge in [0, 0.05) is 10.5 Å². The van der Waals surface area contributed by atoms with Gasteiger partial charge in [-0.2, -0.15) is 0 Å². The number of carbonyl (C=O) groups excluding carboxylic acids is 1. The van der Waals surface area contributed by atoms with Gasteiger partial charge in [0.15, 0.2) is 6.61 Å². The first kappa shape index (κ1) is 13.9. The fourth-order valence-electron chi connectivity index (χ4n) is 1.74. The zero-order valence-electron chi connectivity index (χ0n) is 10.2. The Bertz CT molecular complexity index is 487. The van der Waals surface area contributed by atoms with Gasteiger partial charge in [0.2, 0.25) is 0 Å². The third-order valence-electron chi connectivity index (χ3n) is 2.77. The van der Waals surface area contributed by atoms with E-state index in [1.165, 1.54) is 4.90 Å². The Labute approximate surface area is 119 Å². The van der Waals surface area contributed by atoms with Gasteiger partial charge in [-0.3, -0.25) is 9.59 Å². The van der Waals surface area contributed by atoms with Crippen LogP contribution >= 0.6 is 15.9 Å². The predicted octanol–water partition coefficient (Wildman–Crippen LogP) is 1.90. The first-order chi connectivity index (χ1) is 9.06. The topological polar surface area (TPSA) is 66.8 Å². The molecular weight excluding hydrogens is 314 g/mol. The maximum atomic E-state index is 11.9. The summed E-state index contributed by atoms with van der Waals surface area (Å²) in [6.45, 7) is -0.397. The van der Waals surface area contributed by atoms with Crippen molar-refractivity contribution >= 4 is 27.8 Å². The average Bonchev–Trinajstić information content (AvgIpc) is 3.17. The summed E-state index contributed by atoms with van der Waals surface area (Å²) >= 11 is 3.31. The summed E-state index contributed by atoms with van der Waals surface area (Å²) in [7, 11) is 0. The van der Waals surface area contributed by atoms with E-state index in [-0.39, 0.29) is 25.1 Å². The Balaban J connectivity index is 1.90. The number of amides is 1. The first-order valence-corrected chi connectivity index (χ1v) is 6.75. The number of halogens is 1. The quantitative estimate of drug-likeness (QED) is 0.866. The van der Waals surface area contributed by atoms with Crippen molar-refractivity contribution in [3.05, 3.63) is 28.7 Å². The summed E-state index contributed by atoms with van der Waals surface area (Å²) in [6, 6.07) is 7.23. The van der Waals surface area contributed by atoms with Crippen LogP contribution in [0.1, 0.15) is 12.8 Å². The Morgan fingerprint density at radius 3 is 2.74 bits per heavy atom. The molecule has 6 heteroatoms. The second-order valence-electron chi connectivity index (χ2n) is 4.39. The molecule has 0 saturated heterocycles. The molecule has 2 rings (SSSR count).